The van der Waals surface area contributed by atoms with Crippen LogP contribution in [0.4, 0.5) is 0 Å². The molecular formula is C73H88O17. The molecule has 0 radical (unpaired) electrons. The third-order valence-corrected chi connectivity index (χ3v) is 18.8. The standard InChI is InChI=1S/2C25H32O5.C23H24O7/c2*1-2-16-9-10-19(25-24(29)23(28)22(27)21(14-26)30-25)13-20(16)12-15-7-8-17-5-3-4-6-18(17)11-15;1-2-14-4-5-15(23-22(27)21(26)20(25)19(12-24)30-23)11-16(14)9-13-3-6-17-18(10-13)29-8-7-28-17/h2*7-11,13,21-29H,2-6,12,14H2,1H3;1,3-6,10-11,19-27H,7-9,12H2/t2*21-,22-,23+,24-,25+;19-,20-,21+,22-,23+/m111/s1. The predicted molar refractivity (Wildman–Crippen MR) is 336 cm³/mol. The van der Waals surface area contributed by atoms with Crippen molar-refractivity contribution in [1.29, 1.82) is 0 Å². The number of benzene rings is 6. The summed E-state index contributed by atoms with van der Waals surface area (Å²) in [6.07, 6.45) is 1.87. The van der Waals surface area contributed by atoms with Gasteiger partial charge in [-0.1, -0.05) is 111 Å². The van der Waals surface area contributed by atoms with Crippen LogP contribution in [0.2, 0.25) is 0 Å². The Morgan fingerprint density at radius 1 is 0.378 bits per heavy atom. The van der Waals surface area contributed by atoms with Gasteiger partial charge in [-0.2, -0.15) is 0 Å². The fourth-order valence-electron chi connectivity index (χ4n) is 13.5. The molecule has 4 aliphatic heterocycles. The van der Waals surface area contributed by atoms with Gasteiger partial charge >= 0.3 is 0 Å². The van der Waals surface area contributed by atoms with Gasteiger partial charge in [0.2, 0.25) is 0 Å². The quantitative estimate of drug-likeness (QED) is 0.0639. The van der Waals surface area contributed by atoms with E-state index in [0.717, 1.165) is 60.8 Å². The van der Waals surface area contributed by atoms with E-state index in [2.05, 4.69) is 56.2 Å². The molecule has 6 aromatic carbocycles. The predicted octanol–water partition coefficient (Wildman–Crippen LogP) is 5.01. The molecule has 4 heterocycles. The van der Waals surface area contributed by atoms with Gasteiger partial charge in [0.05, 0.1) is 19.8 Å². The lowest BCUT2D eigenvalue weighted by molar-refractivity contribution is -0.231. The summed E-state index contributed by atoms with van der Waals surface area (Å²) < 4.78 is 28.4. The van der Waals surface area contributed by atoms with Crippen LogP contribution < -0.4 is 9.47 Å². The van der Waals surface area contributed by atoms with Crippen molar-refractivity contribution in [2.75, 3.05) is 33.0 Å². The van der Waals surface area contributed by atoms with Crippen LogP contribution in [-0.4, -0.2) is 168 Å². The number of aliphatic hydroxyl groups excluding tert-OH is 12. The first-order valence-corrected chi connectivity index (χ1v) is 31.9. The number of terminal acetylenes is 1. The smallest absolute Gasteiger partial charge is 0.161 e. The van der Waals surface area contributed by atoms with Crippen LogP contribution in [0.25, 0.3) is 0 Å². The summed E-state index contributed by atoms with van der Waals surface area (Å²) in [7, 11) is 0. The molecule has 0 spiro atoms. The summed E-state index contributed by atoms with van der Waals surface area (Å²) in [5.41, 5.74) is 17.8. The first-order chi connectivity index (χ1) is 43.5. The van der Waals surface area contributed by atoms with Crippen LogP contribution in [0.3, 0.4) is 0 Å². The number of hydrogen-bond donors (Lipinski definition) is 12. The van der Waals surface area contributed by atoms with Gasteiger partial charge in [-0.3, -0.25) is 0 Å². The van der Waals surface area contributed by atoms with Crippen molar-refractivity contribution in [1.82, 2.24) is 0 Å². The summed E-state index contributed by atoms with van der Waals surface area (Å²) in [6, 6.07) is 36.6. The Morgan fingerprint density at radius 2 is 0.744 bits per heavy atom. The molecule has 482 valence electrons. The maximum atomic E-state index is 10.5. The van der Waals surface area contributed by atoms with E-state index in [9.17, 15) is 61.3 Å². The molecule has 2 aliphatic carbocycles. The van der Waals surface area contributed by atoms with Crippen molar-refractivity contribution in [3.05, 3.63) is 198 Å². The summed E-state index contributed by atoms with van der Waals surface area (Å²) >= 11 is 0. The Hall–Kier alpha value is -6.12. The minimum Gasteiger partial charge on any atom is -0.486 e. The Morgan fingerprint density at radius 3 is 1.16 bits per heavy atom. The highest BCUT2D eigenvalue weighted by molar-refractivity contribution is 5.50. The molecule has 0 amide bonds. The van der Waals surface area contributed by atoms with E-state index in [4.69, 9.17) is 30.1 Å². The second-order valence-corrected chi connectivity index (χ2v) is 24.7. The Bertz CT molecular complexity index is 3270. The van der Waals surface area contributed by atoms with E-state index in [1.165, 1.54) is 94.2 Å². The zero-order valence-corrected chi connectivity index (χ0v) is 51.3. The van der Waals surface area contributed by atoms with Crippen LogP contribution in [0, 0.1) is 12.3 Å². The second kappa shape index (κ2) is 30.5. The van der Waals surface area contributed by atoms with E-state index >= 15 is 0 Å². The van der Waals surface area contributed by atoms with Gasteiger partial charge in [-0.15, -0.1) is 6.42 Å². The molecule has 0 bridgehead atoms. The zero-order chi connectivity index (χ0) is 63.8. The summed E-state index contributed by atoms with van der Waals surface area (Å²) in [5.74, 6) is 4.06. The highest BCUT2D eigenvalue weighted by Crippen LogP contribution is 2.39. The third kappa shape index (κ3) is 15.0. The highest BCUT2D eigenvalue weighted by Gasteiger charge is 2.46. The monoisotopic (exact) mass is 1240 g/mol. The van der Waals surface area contributed by atoms with Crippen LogP contribution >= 0.6 is 0 Å². The molecule has 6 aliphatic rings. The van der Waals surface area contributed by atoms with Crippen LogP contribution in [-0.2, 0) is 72.0 Å². The van der Waals surface area contributed by atoms with E-state index < -0.39 is 111 Å². The van der Waals surface area contributed by atoms with E-state index in [-0.39, 0.29) is 0 Å². The van der Waals surface area contributed by atoms with Gasteiger partial charge in [0.25, 0.3) is 0 Å². The molecule has 90 heavy (non-hydrogen) atoms. The van der Waals surface area contributed by atoms with Crippen molar-refractivity contribution < 1.29 is 85.0 Å². The van der Waals surface area contributed by atoms with Crippen LogP contribution in [0.15, 0.2) is 109 Å². The molecule has 12 N–H and O–H groups in total. The topological polar surface area (TPSA) is 289 Å². The molecule has 0 unspecified atom stereocenters. The average molecular weight is 1240 g/mol. The van der Waals surface area contributed by atoms with E-state index in [1.807, 2.05) is 60.7 Å². The lowest BCUT2D eigenvalue weighted by Gasteiger charge is -2.40. The zero-order valence-electron chi connectivity index (χ0n) is 51.3. The van der Waals surface area contributed by atoms with Gasteiger partial charge in [-0.05, 0) is 185 Å². The number of rotatable bonds is 14. The fourth-order valence-corrected chi connectivity index (χ4v) is 13.5. The van der Waals surface area contributed by atoms with Crippen molar-refractivity contribution in [3.8, 4) is 23.8 Å². The lowest BCUT2D eigenvalue weighted by Crippen LogP contribution is -2.55. The molecule has 12 rings (SSSR count). The highest BCUT2D eigenvalue weighted by atomic mass is 16.6. The average Bonchev–Trinajstić information content (AvgIpc) is 1.05. The minimum absolute atomic E-state index is 0.420. The minimum atomic E-state index is -1.44. The second-order valence-electron chi connectivity index (χ2n) is 24.7. The fraction of sp³-hybridized carbons (Fsp3) is 0.479. The number of aryl methyl sites for hydroxylation is 6. The van der Waals surface area contributed by atoms with Gasteiger partial charge in [0.15, 0.2) is 11.5 Å². The summed E-state index contributed by atoms with van der Waals surface area (Å²) in [4.78, 5) is 0. The molecular weight excluding hydrogens is 1150 g/mol. The van der Waals surface area contributed by atoms with Gasteiger partial charge in [0.1, 0.15) is 105 Å². The van der Waals surface area contributed by atoms with E-state index in [1.54, 1.807) is 12.1 Å². The Labute approximate surface area is 526 Å². The number of aliphatic hydroxyl groups is 12. The largest absolute Gasteiger partial charge is 0.486 e. The lowest BCUT2D eigenvalue weighted by atomic mass is 9.87. The first kappa shape index (κ1) is 66.8. The first-order valence-electron chi connectivity index (χ1n) is 31.9. The van der Waals surface area contributed by atoms with Gasteiger partial charge in [-0.25, -0.2) is 0 Å². The Kier molecular flexibility index (Phi) is 22.7. The molecule has 17 heteroatoms. The van der Waals surface area contributed by atoms with Crippen LogP contribution in [0.1, 0.15) is 147 Å². The van der Waals surface area contributed by atoms with Crippen molar-refractivity contribution in [2.24, 2.45) is 0 Å². The van der Waals surface area contributed by atoms with Crippen LogP contribution in [0.5, 0.6) is 11.5 Å². The molecule has 6 aromatic rings. The van der Waals surface area contributed by atoms with Gasteiger partial charge < -0.3 is 85.0 Å². The molecule has 3 fully saturated rings. The third-order valence-electron chi connectivity index (χ3n) is 18.8. The summed E-state index contributed by atoms with van der Waals surface area (Å²) in [5, 5.41) is 120. The maximum absolute atomic E-state index is 10.5. The normalized spacial score (nSPS) is 28.6. The number of ether oxygens (including phenoxy) is 5. The molecule has 3 saturated heterocycles. The number of hydrogen-bond acceptors (Lipinski definition) is 17. The van der Waals surface area contributed by atoms with E-state index in [0.29, 0.717) is 42.3 Å². The molecule has 0 aromatic heterocycles. The van der Waals surface area contributed by atoms with Crippen molar-refractivity contribution >= 4 is 0 Å². The van der Waals surface area contributed by atoms with Crippen molar-refractivity contribution in [3.63, 3.8) is 0 Å². The SMILES string of the molecule is C#Cc1ccc([C@@H]2O[C@H](CO)[C@@H](O)[C@H](O)[C@H]2O)cc1Cc1ccc2c(c1)OCCO2.CCc1ccc([C@@H]2O[C@H](CO)[C@@H](O)[C@H](O)[C@H]2O)cc1Cc1ccc2c(c1)CCCC2.CCc1ccc([C@@H]2O[C@H](CO)[C@@H](O)[C@H](O)[C@H]2O)cc1Cc1ccc2c(c1)CCCC2. The number of fused-ring (bicyclic) bond motifs is 3. The molecule has 17 nitrogen and oxygen atoms in total. The van der Waals surface area contributed by atoms with Crippen molar-refractivity contribution in [2.45, 2.75) is 189 Å². The molecule has 15 atom stereocenters. The Balaban J connectivity index is 0.000000148. The maximum Gasteiger partial charge on any atom is 0.161 e. The summed E-state index contributed by atoms with van der Waals surface area (Å²) in [6.45, 7) is 3.95. The molecule has 0 saturated carbocycles. The van der Waals surface area contributed by atoms with Gasteiger partial charge in [0, 0.05) is 5.56 Å².